The minimum absolute atomic E-state index is 0.309. The van der Waals surface area contributed by atoms with Crippen molar-refractivity contribution in [3.8, 4) is 0 Å². The molecule has 16 heavy (non-hydrogen) atoms. The minimum Gasteiger partial charge on any atom is -0.389 e. The summed E-state index contributed by atoms with van der Waals surface area (Å²) in [6.45, 7) is 15.7. The predicted molar refractivity (Wildman–Crippen MR) is 71.6 cm³/mol. The Labute approximate surface area is 102 Å². The molecular formula is C14H31NO. The van der Waals surface area contributed by atoms with E-state index in [0.29, 0.717) is 5.92 Å². The highest BCUT2D eigenvalue weighted by Gasteiger charge is 2.27. The maximum Gasteiger partial charge on any atom is 0.0768 e. The summed E-state index contributed by atoms with van der Waals surface area (Å²) in [7, 11) is 0. The van der Waals surface area contributed by atoms with E-state index < -0.39 is 5.60 Å². The van der Waals surface area contributed by atoms with Crippen molar-refractivity contribution in [1.29, 1.82) is 0 Å². The molecule has 1 unspecified atom stereocenters. The second-order valence-corrected chi connectivity index (χ2v) is 5.52. The van der Waals surface area contributed by atoms with Crippen molar-refractivity contribution in [1.82, 2.24) is 4.90 Å². The van der Waals surface area contributed by atoms with Gasteiger partial charge in [0.25, 0.3) is 0 Å². The zero-order valence-electron chi connectivity index (χ0n) is 12.1. The van der Waals surface area contributed by atoms with Crippen molar-refractivity contribution in [3.63, 3.8) is 0 Å². The first kappa shape index (κ1) is 15.9. The predicted octanol–water partition coefficient (Wildman–Crippen LogP) is 3.15. The van der Waals surface area contributed by atoms with E-state index in [0.717, 1.165) is 25.6 Å². The van der Waals surface area contributed by atoms with Gasteiger partial charge in [-0.3, -0.25) is 0 Å². The molecule has 0 aromatic carbocycles. The molecule has 1 N–H and O–H groups in total. The van der Waals surface area contributed by atoms with Crippen LogP contribution in [0.15, 0.2) is 0 Å². The normalized spacial score (nSPS) is 16.1. The first-order valence-corrected chi connectivity index (χ1v) is 6.82. The van der Waals surface area contributed by atoms with E-state index in [1.165, 1.54) is 12.8 Å². The van der Waals surface area contributed by atoms with Crippen molar-refractivity contribution < 1.29 is 5.11 Å². The Morgan fingerprint density at radius 3 is 1.94 bits per heavy atom. The third kappa shape index (κ3) is 5.31. The second-order valence-electron chi connectivity index (χ2n) is 5.52. The summed E-state index contributed by atoms with van der Waals surface area (Å²) in [5.41, 5.74) is -0.567. The molecule has 0 heterocycles. The van der Waals surface area contributed by atoms with Gasteiger partial charge in [0.05, 0.1) is 5.60 Å². The number of hydrogen-bond donors (Lipinski definition) is 1. The van der Waals surface area contributed by atoms with Gasteiger partial charge in [-0.2, -0.15) is 0 Å². The Balaban J connectivity index is 4.29. The Kier molecular flexibility index (Phi) is 7.25. The van der Waals surface area contributed by atoms with E-state index in [-0.39, 0.29) is 0 Å². The molecule has 0 saturated heterocycles. The maximum absolute atomic E-state index is 10.3. The molecule has 2 heteroatoms. The topological polar surface area (TPSA) is 23.5 Å². The van der Waals surface area contributed by atoms with Gasteiger partial charge < -0.3 is 10.0 Å². The number of rotatable bonds is 8. The van der Waals surface area contributed by atoms with Crippen LogP contribution >= 0.6 is 0 Å². The fraction of sp³-hybridized carbons (Fsp3) is 1.00. The maximum atomic E-state index is 10.3. The van der Waals surface area contributed by atoms with E-state index in [1.54, 1.807) is 0 Å². The van der Waals surface area contributed by atoms with Gasteiger partial charge in [-0.05, 0) is 25.3 Å². The van der Waals surface area contributed by atoms with Crippen molar-refractivity contribution >= 4 is 0 Å². The molecule has 0 aromatic rings. The van der Waals surface area contributed by atoms with Crippen LogP contribution in [-0.4, -0.2) is 35.2 Å². The Morgan fingerprint density at radius 2 is 1.62 bits per heavy atom. The Bertz CT molecular complexity index is 174. The first-order chi connectivity index (χ1) is 7.37. The molecule has 0 rings (SSSR count). The second kappa shape index (κ2) is 7.29. The van der Waals surface area contributed by atoms with Crippen molar-refractivity contribution in [2.75, 3.05) is 19.6 Å². The lowest BCUT2D eigenvalue weighted by Gasteiger charge is -2.35. The summed E-state index contributed by atoms with van der Waals surface area (Å²) in [6, 6.07) is 0. The highest BCUT2D eigenvalue weighted by atomic mass is 16.3. The van der Waals surface area contributed by atoms with Crippen LogP contribution in [0.4, 0.5) is 0 Å². The number of nitrogens with zero attached hydrogens (tertiary/aromatic N) is 1. The molecule has 0 bridgehead atoms. The van der Waals surface area contributed by atoms with Crippen LogP contribution in [0.25, 0.3) is 0 Å². The SMILES string of the molecule is CCC(CC)CN(CC)CC(C)(O)C(C)C. The average molecular weight is 229 g/mol. The zero-order valence-corrected chi connectivity index (χ0v) is 12.1. The molecule has 0 saturated carbocycles. The van der Waals surface area contributed by atoms with Crippen molar-refractivity contribution in [3.05, 3.63) is 0 Å². The first-order valence-electron chi connectivity index (χ1n) is 6.82. The quantitative estimate of drug-likeness (QED) is 0.691. The van der Waals surface area contributed by atoms with E-state index in [4.69, 9.17) is 0 Å². The molecule has 0 aliphatic carbocycles. The van der Waals surface area contributed by atoms with Crippen LogP contribution in [0.2, 0.25) is 0 Å². The molecule has 1 atom stereocenters. The van der Waals surface area contributed by atoms with Gasteiger partial charge in [0.15, 0.2) is 0 Å². The van der Waals surface area contributed by atoms with E-state index in [1.807, 2.05) is 6.92 Å². The summed E-state index contributed by atoms with van der Waals surface area (Å²) in [5, 5.41) is 10.3. The Hall–Kier alpha value is -0.0800. The van der Waals surface area contributed by atoms with Crippen LogP contribution in [-0.2, 0) is 0 Å². The fourth-order valence-electron chi connectivity index (χ4n) is 1.85. The van der Waals surface area contributed by atoms with Gasteiger partial charge in [-0.15, -0.1) is 0 Å². The standard InChI is InChI=1S/C14H31NO/c1-7-13(8-2)10-15(9-3)11-14(6,16)12(4)5/h12-13,16H,7-11H2,1-6H3. The molecule has 0 fully saturated rings. The summed E-state index contributed by atoms with van der Waals surface area (Å²) >= 11 is 0. The summed E-state index contributed by atoms with van der Waals surface area (Å²) in [5.74, 6) is 1.08. The lowest BCUT2D eigenvalue weighted by molar-refractivity contribution is -0.0210. The zero-order chi connectivity index (χ0) is 12.8. The lowest BCUT2D eigenvalue weighted by Crippen LogP contribution is -2.45. The molecule has 0 aliphatic heterocycles. The highest BCUT2D eigenvalue weighted by molar-refractivity contribution is 4.81. The smallest absolute Gasteiger partial charge is 0.0768 e. The highest BCUT2D eigenvalue weighted by Crippen LogP contribution is 2.19. The van der Waals surface area contributed by atoms with Crippen molar-refractivity contribution in [2.24, 2.45) is 11.8 Å². The van der Waals surface area contributed by atoms with Gasteiger partial charge in [0.1, 0.15) is 0 Å². The van der Waals surface area contributed by atoms with Crippen LogP contribution in [0, 0.1) is 11.8 Å². The average Bonchev–Trinajstić information content (AvgIpc) is 2.23. The monoisotopic (exact) mass is 229 g/mol. The molecule has 0 amide bonds. The van der Waals surface area contributed by atoms with E-state index in [9.17, 15) is 5.11 Å². The summed E-state index contributed by atoms with van der Waals surface area (Å²) in [6.07, 6.45) is 2.47. The van der Waals surface area contributed by atoms with Gasteiger partial charge in [-0.25, -0.2) is 0 Å². The summed E-state index contributed by atoms with van der Waals surface area (Å²) < 4.78 is 0. The lowest BCUT2D eigenvalue weighted by atomic mass is 9.91. The Morgan fingerprint density at radius 1 is 1.12 bits per heavy atom. The fourth-order valence-corrected chi connectivity index (χ4v) is 1.85. The molecule has 2 nitrogen and oxygen atoms in total. The molecular weight excluding hydrogens is 198 g/mol. The van der Waals surface area contributed by atoms with E-state index in [2.05, 4.69) is 39.5 Å². The number of likely N-dealkylation sites (N-methyl/N-ethyl adjacent to an activating group) is 1. The molecule has 0 radical (unpaired) electrons. The van der Waals surface area contributed by atoms with Gasteiger partial charge in [-0.1, -0.05) is 47.5 Å². The van der Waals surface area contributed by atoms with Crippen molar-refractivity contribution in [2.45, 2.75) is 60.0 Å². The van der Waals surface area contributed by atoms with E-state index >= 15 is 0 Å². The van der Waals surface area contributed by atoms with Gasteiger partial charge in [0, 0.05) is 13.1 Å². The largest absolute Gasteiger partial charge is 0.389 e. The third-order valence-corrected chi connectivity index (χ3v) is 3.91. The number of aliphatic hydroxyl groups is 1. The third-order valence-electron chi connectivity index (χ3n) is 3.91. The molecule has 0 spiro atoms. The molecule has 0 aromatic heterocycles. The van der Waals surface area contributed by atoms with Crippen LogP contribution < -0.4 is 0 Å². The number of hydrogen-bond acceptors (Lipinski definition) is 2. The van der Waals surface area contributed by atoms with Crippen LogP contribution in [0.1, 0.15) is 54.4 Å². The van der Waals surface area contributed by atoms with Gasteiger partial charge >= 0.3 is 0 Å². The molecule has 98 valence electrons. The van der Waals surface area contributed by atoms with Gasteiger partial charge in [0.2, 0.25) is 0 Å². The molecule has 0 aliphatic rings. The van der Waals surface area contributed by atoms with Crippen LogP contribution in [0.3, 0.4) is 0 Å². The minimum atomic E-state index is -0.567. The summed E-state index contributed by atoms with van der Waals surface area (Å²) in [4.78, 5) is 2.39. The van der Waals surface area contributed by atoms with Crippen LogP contribution in [0.5, 0.6) is 0 Å².